The molecule has 0 heterocycles. The van der Waals surface area contributed by atoms with Crippen LogP contribution in [0, 0.1) is 17.0 Å². The van der Waals surface area contributed by atoms with Gasteiger partial charge in [0.25, 0.3) is 0 Å². The SMILES string of the molecule is CNC(=O)C(C)(C)CNc1ccc(C(=O)OC)c(F)c1F. The van der Waals surface area contributed by atoms with Gasteiger partial charge in [-0.15, -0.1) is 0 Å². The number of hydrogen-bond acceptors (Lipinski definition) is 4. The molecule has 0 aromatic heterocycles. The minimum Gasteiger partial charge on any atom is -0.465 e. The largest absolute Gasteiger partial charge is 0.465 e. The van der Waals surface area contributed by atoms with E-state index in [2.05, 4.69) is 15.4 Å². The molecule has 0 spiro atoms. The van der Waals surface area contributed by atoms with Crippen molar-refractivity contribution in [3.63, 3.8) is 0 Å². The Kier molecular flexibility index (Phi) is 5.23. The van der Waals surface area contributed by atoms with Crippen LogP contribution in [0.3, 0.4) is 0 Å². The fourth-order valence-corrected chi connectivity index (χ4v) is 1.69. The van der Waals surface area contributed by atoms with Gasteiger partial charge < -0.3 is 15.4 Å². The van der Waals surface area contributed by atoms with Gasteiger partial charge in [0.15, 0.2) is 11.6 Å². The fourth-order valence-electron chi connectivity index (χ4n) is 1.69. The van der Waals surface area contributed by atoms with Crippen LogP contribution in [-0.2, 0) is 9.53 Å². The molecule has 116 valence electrons. The molecule has 0 saturated carbocycles. The van der Waals surface area contributed by atoms with E-state index in [1.807, 2.05) is 0 Å². The summed E-state index contributed by atoms with van der Waals surface area (Å²) in [6.07, 6.45) is 0. The summed E-state index contributed by atoms with van der Waals surface area (Å²) >= 11 is 0. The normalized spacial score (nSPS) is 11.0. The maximum atomic E-state index is 13.9. The highest BCUT2D eigenvalue weighted by Gasteiger charge is 2.27. The van der Waals surface area contributed by atoms with Gasteiger partial charge in [-0.1, -0.05) is 0 Å². The maximum Gasteiger partial charge on any atom is 0.340 e. The van der Waals surface area contributed by atoms with Gasteiger partial charge in [0.05, 0.1) is 23.8 Å². The van der Waals surface area contributed by atoms with Crippen molar-refractivity contribution in [3.05, 3.63) is 29.3 Å². The number of nitrogens with one attached hydrogen (secondary N) is 2. The molecule has 0 radical (unpaired) electrons. The summed E-state index contributed by atoms with van der Waals surface area (Å²) in [6.45, 7) is 3.42. The van der Waals surface area contributed by atoms with Crippen LogP contribution in [0.1, 0.15) is 24.2 Å². The standard InChI is InChI=1S/C14H18F2N2O3/c1-14(2,13(20)17-3)7-18-9-6-5-8(12(19)21-4)10(15)11(9)16/h5-6,18H,7H2,1-4H3,(H,17,20). The lowest BCUT2D eigenvalue weighted by Gasteiger charge is -2.23. The molecule has 0 aliphatic heterocycles. The van der Waals surface area contributed by atoms with E-state index in [1.54, 1.807) is 13.8 Å². The van der Waals surface area contributed by atoms with Crippen LogP contribution in [0.5, 0.6) is 0 Å². The highest BCUT2D eigenvalue weighted by molar-refractivity contribution is 5.90. The van der Waals surface area contributed by atoms with E-state index in [0.29, 0.717) is 0 Å². The van der Waals surface area contributed by atoms with E-state index in [4.69, 9.17) is 0 Å². The molecule has 21 heavy (non-hydrogen) atoms. The fraction of sp³-hybridized carbons (Fsp3) is 0.429. The summed E-state index contributed by atoms with van der Waals surface area (Å²) < 4.78 is 32.0. The molecular weight excluding hydrogens is 282 g/mol. The number of halogens is 2. The first-order valence-electron chi connectivity index (χ1n) is 6.27. The number of amides is 1. The average Bonchev–Trinajstić information content (AvgIpc) is 2.47. The van der Waals surface area contributed by atoms with Crippen molar-refractivity contribution in [1.82, 2.24) is 5.32 Å². The molecule has 0 aliphatic rings. The molecular formula is C14H18F2N2O3. The van der Waals surface area contributed by atoms with E-state index in [9.17, 15) is 18.4 Å². The Morgan fingerprint density at radius 3 is 2.38 bits per heavy atom. The second kappa shape index (κ2) is 6.51. The minimum atomic E-state index is -1.29. The van der Waals surface area contributed by atoms with Crippen molar-refractivity contribution in [2.24, 2.45) is 5.41 Å². The van der Waals surface area contributed by atoms with E-state index in [0.717, 1.165) is 13.2 Å². The van der Waals surface area contributed by atoms with Gasteiger partial charge in [0.1, 0.15) is 0 Å². The van der Waals surface area contributed by atoms with Crippen LogP contribution < -0.4 is 10.6 Å². The topological polar surface area (TPSA) is 67.4 Å². The lowest BCUT2D eigenvalue weighted by atomic mass is 9.92. The van der Waals surface area contributed by atoms with Gasteiger partial charge in [-0.05, 0) is 26.0 Å². The summed E-state index contributed by atoms with van der Waals surface area (Å²) in [5.41, 5.74) is -1.41. The second-order valence-corrected chi connectivity index (χ2v) is 5.10. The van der Waals surface area contributed by atoms with Gasteiger partial charge in [-0.25, -0.2) is 13.6 Å². The zero-order valence-corrected chi connectivity index (χ0v) is 12.3. The predicted molar refractivity (Wildman–Crippen MR) is 74.0 cm³/mol. The smallest absolute Gasteiger partial charge is 0.340 e. The summed E-state index contributed by atoms with van der Waals surface area (Å²) in [7, 11) is 2.58. The molecule has 2 N–H and O–H groups in total. The third-order valence-corrected chi connectivity index (χ3v) is 3.05. The Balaban J connectivity index is 2.94. The minimum absolute atomic E-state index is 0.0978. The number of carbonyl (C=O) groups excluding carboxylic acids is 2. The molecule has 5 nitrogen and oxygen atoms in total. The molecule has 0 unspecified atom stereocenters. The van der Waals surface area contributed by atoms with Crippen molar-refractivity contribution in [1.29, 1.82) is 0 Å². The van der Waals surface area contributed by atoms with Gasteiger partial charge in [-0.2, -0.15) is 0 Å². The Bertz CT molecular complexity index is 559. The van der Waals surface area contributed by atoms with Crippen molar-refractivity contribution >= 4 is 17.6 Å². The highest BCUT2D eigenvalue weighted by atomic mass is 19.2. The molecule has 0 saturated heterocycles. The van der Waals surface area contributed by atoms with E-state index in [-0.39, 0.29) is 18.1 Å². The number of methoxy groups -OCH3 is 1. The van der Waals surface area contributed by atoms with Crippen LogP contribution in [-0.4, -0.2) is 32.6 Å². The van der Waals surface area contributed by atoms with Gasteiger partial charge >= 0.3 is 5.97 Å². The summed E-state index contributed by atoms with van der Waals surface area (Å²) in [4.78, 5) is 22.8. The maximum absolute atomic E-state index is 13.9. The van der Waals surface area contributed by atoms with Gasteiger partial charge in [0, 0.05) is 13.6 Å². The third-order valence-electron chi connectivity index (χ3n) is 3.05. The van der Waals surface area contributed by atoms with Gasteiger partial charge in [0.2, 0.25) is 5.91 Å². The van der Waals surface area contributed by atoms with Crippen LogP contribution in [0.4, 0.5) is 14.5 Å². The number of anilines is 1. The molecule has 7 heteroatoms. The molecule has 1 amide bonds. The molecule has 1 aromatic carbocycles. The van der Waals surface area contributed by atoms with Crippen LogP contribution in [0.25, 0.3) is 0 Å². The summed E-state index contributed by atoms with van der Waals surface area (Å²) in [5.74, 6) is -3.67. The Labute approximate surface area is 121 Å². The van der Waals surface area contributed by atoms with E-state index in [1.165, 1.54) is 13.1 Å². The first-order valence-corrected chi connectivity index (χ1v) is 6.27. The third kappa shape index (κ3) is 3.68. The Morgan fingerprint density at radius 2 is 1.86 bits per heavy atom. The zero-order valence-electron chi connectivity index (χ0n) is 12.3. The van der Waals surface area contributed by atoms with Crippen LogP contribution in [0.2, 0.25) is 0 Å². The number of esters is 1. The quantitative estimate of drug-likeness (QED) is 0.816. The number of rotatable bonds is 5. The number of benzene rings is 1. The number of carbonyl (C=O) groups is 2. The first kappa shape index (κ1) is 16.9. The number of ether oxygens (including phenoxy) is 1. The molecule has 0 fully saturated rings. The van der Waals surface area contributed by atoms with Crippen molar-refractivity contribution in [2.45, 2.75) is 13.8 Å². The average molecular weight is 300 g/mol. The Morgan fingerprint density at radius 1 is 1.24 bits per heavy atom. The second-order valence-electron chi connectivity index (χ2n) is 5.10. The summed E-state index contributed by atoms with van der Waals surface area (Å²) in [6, 6.07) is 2.35. The van der Waals surface area contributed by atoms with Crippen LogP contribution >= 0.6 is 0 Å². The zero-order chi connectivity index (χ0) is 16.2. The first-order chi connectivity index (χ1) is 9.74. The van der Waals surface area contributed by atoms with Crippen molar-refractivity contribution in [2.75, 3.05) is 26.0 Å². The van der Waals surface area contributed by atoms with Crippen molar-refractivity contribution < 1.29 is 23.1 Å². The Hall–Kier alpha value is -2.18. The summed E-state index contributed by atoms with van der Waals surface area (Å²) in [5, 5.41) is 5.16. The molecule has 1 aromatic rings. The predicted octanol–water partition coefficient (Wildman–Crippen LogP) is 1.94. The van der Waals surface area contributed by atoms with E-state index >= 15 is 0 Å². The van der Waals surface area contributed by atoms with Crippen molar-refractivity contribution in [3.8, 4) is 0 Å². The van der Waals surface area contributed by atoms with Crippen LogP contribution in [0.15, 0.2) is 12.1 Å². The number of hydrogen-bond donors (Lipinski definition) is 2. The molecule has 0 aliphatic carbocycles. The van der Waals surface area contributed by atoms with E-state index < -0.39 is 28.6 Å². The molecule has 0 atom stereocenters. The van der Waals surface area contributed by atoms with Gasteiger partial charge in [-0.3, -0.25) is 4.79 Å². The molecule has 1 rings (SSSR count). The lowest BCUT2D eigenvalue weighted by Crippen LogP contribution is -2.39. The lowest BCUT2D eigenvalue weighted by molar-refractivity contribution is -0.128. The monoisotopic (exact) mass is 300 g/mol. The molecule has 0 bridgehead atoms. The highest BCUT2D eigenvalue weighted by Crippen LogP contribution is 2.23.